The average molecular weight is 488 g/mol. The van der Waals surface area contributed by atoms with Crippen molar-refractivity contribution in [1.82, 2.24) is 9.88 Å². The van der Waals surface area contributed by atoms with Crippen LogP contribution in [0.2, 0.25) is 0 Å². The van der Waals surface area contributed by atoms with Gasteiger partial charge in [-0.25, -0.2) is 4.98 Å². The monoisotopic (exact) mass is 487 g/mol. The highest BCUT2D eigenvalue weighted by molar-refractivity contribution is 9.10. The van der Waals surface area contributed by atoms with Gasteiger partial charge < -0.3 is 9.47 Å². The van der Waals surface area contributed by atoms with Gasteiger partial charge in [0.25, 0.3) is 5.91 Å². The summed E-state index contributed by atoms with van der Waals surface area (Å²) in [6, 6.07) is 11.5. The molecular formula is C22H22BrN3O3S. The second-order valence-electron chi connectivity index (χ2n) is 7.01. The highest BCUT2D eigenvalue weighted by Gasteiger charge is 2.20. The second-order valence-corrected chi connectivity index (χ2v) is 8.73. The molecule has 0 unspecified atom stereocenters. The van der Waals surface area contributed by atoms with Crippen molar-refractivity contribution in [2.24, 2.45) is 0 Å². The fraction of sp³-hybridized carbons (Fsp3) is 0.273. The smallest absolute Gasteiger partial charge is 0.258 e. The van der Waals surface area contributed by atoms with Gasteiger partial charge in [0, 0.05) is 29.5 Å². The van der Waals surface area contributed by atoms with E-state index in [9.17, 15) is 4.79 Å². The van der Waals surface area contributed by atoms with Crippen molar-refractivity contribution in [3.8, 4) is 11.5 Å². The molecule has 8 heteroatoms. The summed E-state index contributed by atoms with van der Waals surface area (Å²) in [5, 5.41) is 5.50. The first-order chi connectivity index (χ1) is 14.6. The maximum absolute atomic E-state index is 12.5. The van der Waals surface area contributed by atoms with Gasteiger partial charge >= 0.3 is 0 Å². The number of thiazole rings is 1. The summed E-state index contributed by atoms with van der Waals surface area (Å²) < 4.78 is 11.6. The number of aromatic nitrogens is 1. The number of methoxy groups -OCH3 is 2. The number of anilines is 1. The molecule has 156 valence electrons. The molecule has 4 rings (SSSR count). The molecule has 2 heterocycles. The number of benzene rings is 2. The number of ether oxygens (including phenoxy) is 2. The van der Waals surface area contributed by atoms with E-state index in [1.54, 1.807) is 20.3 Å². The Kier molecular flexibility index (Phi) is 6.36. The predicted molar refractivity (Wildman–Crippen MR) is 122 cm³/mol. The fourth-order valence-electron chi connectivity index (χ4n) is 3.55. The molecule has 0 saturated heterocycles. The first-order valence-corrected chi connectivity index (χ1v) is 11.2. The van der Waals surface area contributed by atoms with E-state index in [1.807, 2.05) is 23.6 Å². The Morgan fingerprint density at radius 3 is 2.67 bits per heavy atom. The molecule has 2 aromatic carbocycles. The molecule has 1 aromatic heterocycles. The number of hydrogen-bond acceptors (Lipinski definition) is 6. The normalized spacial score (nSPS) is 13.6. The Morgan fingerprint density at radius 1 is 1.20 bits per heavy atom. The molecule has 1 N–H and O–H groups in total. The summed E-state index contributed by atoms with van der Waals surface area (Å²) in [5.41, 5.74) is 4.08. The summed E-state index contributed by atoms with van der Waals surface area (Å²) in [6.45, 7) is 2.50. The van der Waals surface area contributed by atoms with Crippen LogP contribution in [0.1, 0.15) is 27.2 Å². The van der Waals surface area contributed by atoms with Crippen LogP contribution in [0.5, 0.6) is 11.5 Å². The lowest BCUT2D eigenvalue weighted by atomic mass is 9.98. The van der Waals surface area contributed by atoms with E-state index in [2.05, 4.69) is 43.3 Å². The molecule has 0 bridgehead atoms. The first-order valence-electron chi connectivity index (χ1n) is 9.53. The lowest BCUT2D eigenvalue weighted by molar-refractivity contribution is 0.102. The molecule has 0 spiro atoms. The highest BCUT2D eigenvalue weighted by Crippen LogP contribution is 2.33. The van der Waals surface area contributed by atoms with Crippen LogP contribution in [0, 0.1) is 0 Å². The van der Waals surface area contributed by atoms with Gasteiger partial charge in [0.15, 0.2) is 16.6 Å². The van der Waals surface area contributed by atoms with Crippen LogP contribution in [0.3, 0.4) is 0 Å². The Hall–Kier alpha value is -2.42. The number of fused-ring (bicyclic) bond motifs is 1. The maximum atomic E-state index is 12.5. The molecular weight excluding hydrogens is 466 g/mol. The Balaban J connectivity index is 1.41. The largest absolute Gasteiger partial charge is 0.493 e. The first kappa shape index (κ1) is 20.8. The minimum absolute atomic E-state index is 0.170. The van der Waals surface area contributed by atoms with Crippen LogP contribution in [-0.4, -0.2) is 36.6 Å². The molecule has 1 aliphatic rings. The molecule has 30 heavy (non-hydrogen) atoms. The quantitative estimate of drug-likeness (QED) is 0.544. The number of hydrogen-bond donors (Lipinski definition) is 1. The maximum Gasteiger partial charge on any atom is 0.258 e. The van der Waals surface area contributed by atoms with Crippen molar-refractivity contribution in [1.29, 1.82) is 0 Å². The molecule has 0 aliphatic carbocycles. The van der Waals surface area contributed by atoms with Crippen molar-refractivity contribution in [2.45, 2.75) is 19.5 Å². The zero-order valence-corrected chi connectivity index (χ0v) is 19.2. The van der Waals surface area contributed by atoms with Crippen molar-refractivity contribution < 1.29 is 14.3 Å². The fourth-order valence-corrected chi connectivity index (χ4v) is 4.71. The molecule has 0 saturated carbocycles. The van der Waals surface area contributed by atoms with Gasteiger partial charge in [0.05, 0.1) is 25.5 Å². The molecule has 3 aromatic rings. The van der Waals surface area contributed by atoms with Crippen LogP contribution in [0.25, 0.3) is 0 Å². The summed E-state index contributed by atoms with van der Waals surface area (Å²) in [4.78, 5) is 19.4. The van der Waals surface area contributed by atoms with Gasteiger partial charge in [-0.2, -0.15) is 0 Å². The van der Waals surface area contributed by atoms with E-state index in [0.29, 0.717) is 10.7 Å². The predicted octanol–water partition coefficient (Wildman–Crippen LogP) is 4.73. The number of rotatable bonds is 6. The van der Waals surface area contributed by atoms with E-state index in [1.165, 1.54) is 22.5 Å². The molecule has 0 fully saturated rings. The SMILES string of the molecule is COc1cc2c(cc1OC)CN(Cc1csc(NC(=O)c3ccccc3Br)n1)CC2. The van der Waals surface area contributed by atoms with Crippen molar-refractivity contribution in [2.75, 3.05) is 26.1 Å². The molecule has 6 nitrogen and oxygen atoms in total. The lowest BCUT2D eigenvalue weighted by Gasteiger charge is -2.29. The van der Waals surface area contributed by atoms with Crippen molar-refractivity contribution in [3.05, 3.63) is 68.6 Å². The van der Waals surface area contributed by atoms with Gasteiger partial charge in [0.2, 0.25) is 0 Å². The number of carbonyl (C=O) groups excluding carboxylic acids is 1. The zero-order chi connectivity index (χ0) is 21.1. The Bertz CT molecular complexity index is 1070. The van der Waals surface area contributed by atoms with E-state index in [-0.39, 0.29) is 5.91 Å². The minimum atomic E-state index is -0.170. The lowest BCUT2D eigenvalue weighted by Crippen LogP contribution is -2.30. The third-order valence-corrected chi connectivity index (χ3v) is 6.57. The van der Waals surface area contributed by atoms with E-state index in [4.69, 9.17) is 9.47 Å². The average Bonchev–Trinajstić information content (AvgIpc) is 3.19. The van der Waals surface area contributed by atoms with Gasteiger partial charge in [-0.15, -0.1) is 11.3 Å². The van der Waals surface area contributed by atoms with Crippen LogP contribution in [0.15, 0.2) is 46.3 Å². The standard InChI is InChI=1S/C22H22BrN3O3S/c1-28-19-9-14-7-8-26(11-15(14)10-20(19)29-2)12-16-13-30-22(24-16)25-21(27)17-5-3-4-6-18(17)23/h3-6,9-10,13H,7-8,11-12H2,1-2H3,(H,24,25,27). The summed E-state index contributed by atoms with van der Waals surface area (Å²) in [7, 11) is 3.32. The van der Waals surface area contributed by atoms with Crippen molar-refractivity contribution >= 4 is 38.3 Å². The highest BCUT2D eigenvalue weighted by atomic mass is 79.9. The topological polar surface area (TPSA) is 63.7 Å². The summed E-state index contributed by atoms with van der Waals surface area (Å²) in [6.07, 6.45) is 0.950. The molecule has 1 aliphatic heterocycles. The van der Waals surface area contributed by atoms with Gasteiger partial charge in [-0.1, -0.05) is 12.1 Å². The van der Waals surface area contributed by atoms with Crippen LogP contribution < -0.4 is 14.8 Å². The van der Waals surface area contributed by atoms with E-state index in [0.717, 1.165) is 47.7 Å². The Morgan fingerprint density at radius 2 is 1.93 bits per heavy atom. The van der Waals surface area contributed by atoms with Crippen molar-refractivity contribution in [3.63, 3.8) is 0 Å². The van der Waals surface area contributed by atoms with Crippen LogP contribution in [-0.2, 0) is 19.5 Å². The third-order valence-electron chi connectivity index (χ3n) is 5.07. The van der Waals surface area contributed by atoms with Crippen LogP contribution >= 0.6 is 27.3 Å². The third kappa shape index (κ3) is 4.50. The van der Waals surface area contributed by atoms with Gasteiger partial charge in [-0.05, 0) is 57.7 Å². The van der Waals surface area contributed by atoms with E-state index < -0.39 is 0 Å². The number of nitrogens with zero attached hydrogens (tertiary/aromatic N) is 2. The second kappa shape index (κ2) is 9.16. The number of carbonyl (C=O) groups is 1. The number of nitrogens with one attached hydrogen (secondary N) is 1. The molecule has 0 atom stereocenters. The summed E-state index contributed by atoms with van der Waals surface area (Å²) in [5.74, 6) is 1.36. The van der Waals surface area contributed by atoms with Crippen LogP contribution in [0.4, 0.5) is 5.13 Å². The minimum Gasteiger partial charge on any atom is -0.493 e. The molecule has 0 radical (unpaired) electrons. The zero-order valence-electron chi connectivity index (χ0n) is 16.8. The number of halogens is 1. The van der Waals surface area contributed by atoms with E-state index >= 15 is 0 Å². The van der Waals surface area contributed by atoms with Gasteiger partial charge in [0.1, 0.15) is 0 Å². The summed E-state index contributed by atoms with van der Waals surface area (Å²) >= 11 is 4.85. The number of amides is 1. The molecule has 1 amide bonds. The van der Waals surface area contributed by atoms with Gasteiger partial charge in [-0.3, -0.25) is 15.0 Å². The Labute approximate surface area is 188 Å².